The Bertz CT molecular complexity index is 256. The summed E-state index contributed by atoms with van der Waals surface area (Å²) in [4.78, 5) is 28.3. The summed E-state index contributed by atoms with van der Waals surface area (Å²) >= 11 is 0. The number of aliphatic hydroxyl groups excluding tert-OH is 2. The summed E-state index contributed by atoms with van der Waals surface area (Å²) in [5, 5.41) is 36.6. The molecule has 0 aromatic rings. The number of rotatable bonds is 4. The van der Waals surface area contributed by atoms with Crippen LogP contribution in [0.1, 0.15) is 12.8 Å². The zero-order valence-corrected chi connectivity index (χ0v) is 7.96. The predicted octanol–water partition coefficient (Wildman–Crippen LogP) is -1.34. The van der Waals surface area contributed by atoms with Crippen LogP contribution in [-0.4, -0.2) is 44.8 Å². The molecule has 1 fully saturated rings. The van der Waals surface area contributed by atoms with Crippen molar-refractivity contribution in [3.63, 3.8) is 0 Å². The van der Waals surface area contributed by atoms with Gasteiger partial charge in [-0.2, -0.15) is 0 Å². The second-order valence-electron chi connectivity index (χ2n) is 3.34. The Balaban J connectivity index is 2.55. The Labute approximate surface area is 88.6 Å². The van der Waals surface area contributed by atoms with Gasteiger partial charge in [-0.1, -0.05) is 0 Å². The molecule has 0 aliphatic heterocycles. The third kappa shape index (κ3) is 3.17. The summed E-state index contributed by atoms with van der Waals surface area (Å²) in [5.41, 5.74) is 0. The molecular weight excluding hydrogens is 228 g/mol. The number of hydrogen-bond acceptors (Lipinski definition) is 8. The number of aliphatic hydroxyl groups is 2. The van der Waals surface area contributed by atoms with Crippen molar-refractivity contribution < 1.29 is 30.1 Å². The quantitative estimate of drug-likeness (QED) is 0.451. The monoisotopic (exact) mass is 238 g/mol. The van der Waals surface area contributed by atoms with Crippen LogP contribution in [0.2, 0.25) is 0 Å². The minimum absolute atomic E-state index is 0.305. The van der Waals surface area contributed by atoms with Crippen LogP contribution < -0.4 is 0 Å². The molecule has 0 saturated heterocycles. The van der Waals surface area contributed by atoms with E-state index in [0.29, 0.717) is 0 Å². The van der Waals surface area contributed by atoms with Crippen LogP contribution in [0.3, 0.4) is 0 Å². The lowest BCUT2D eigenvalue weighted by Gasteiger charge is -2.33. The summed E-state index contributed by atoms with van der Waals surface area (Å²) in [6.07, 6.45) is -5.59. The van der Waals surface area contributed by atoms with E-state index in [1.54, 1.807) is 0 Å². The molecule has 0 spiro atoms. The maximum absolute atomic E-state index is 10.0. The van der Waals surface area contributed by atoms with Gasteiger partial charge in [-0.3, -0.25) is 0 Å². The standard InChI is InChI=1S/C6H10N2O8/c9-3-1-5(15-7(11)12)4(10)2-6(3)16-8(13)14/h3-6,9-10H,1-2H2/t3-,4-,5-,6-/m0/s1. The summed E-state index contributed by atoms with van der Waals surface area (Å²) in [6.45, 7) is 0. The molecule has 92 valence electrons. The van der Waals surface area contributed by atoms with Gasteiger partial charge in [-0.05, 0) is 0 Å². The molecule has 0 radical (unpaired) electrons. The molecule has 0 bridgehead atoms. The minimum atomic E-state index is -1.29. The fraction of sp³-hybridized carbons (Fsp3) is 1.00. The van der Waals surface area contributed by atoms with E-state index in [2.05, 4.69) is 9.68 Å². The first kappa shape index (κ1) is 12.4. The van der Waals surface area contributed by atoms with Crippen LogP contribution in [0.25, 0.3) is 0 Å². The molecule has 10 heteroatoms. The molecule has 16 heavy (non-hydrogen) atoms. The van der Waals surface area contributed by atoms with Gasteiger partial charge in [-0.25, -0.2) is 0 Å². The van der Waals surface area contributed by atoms with Gasteiger partial charge in [0.1, 0.15) is 12.2 Å². The van der Waals surface area contributed by atoms with Gasteiger partial charge in [0.15, 0.2) is 0 Å². The predicted molar refractivity (Wildman–Crippen MR) is 45.0 cm³/mol. The second kappa shape index (κ2) is 4.90. The van der Waals surface area contributed by atoms with Crippen molar-refractivity contribution >= 4 is 0 Å². The van der Waals surface area contributed by atoms with Gasteiger partial charge in [0.25, 0.3) is 10.2 Å². The van der Waals surface area contributed by atoms with Gasteiger partial charge in [0.2, 0.25) is 0 Å². The Kier molecular flexibility index (Phi) is 3.79. The molecule has 1 aliphatic rings. The second-order valence-corrected chi connectivity index (χ2v) is 3.34. The molecule has 1 saturated carbocycles. The van der Waals surface area contributed by atoms with Crippen molar-refractivity contribution in [2.45, 2.75) is 37.3 Å². The lowest BCUT2D eigenvalue weighted by molar-refractivity contribution is -0.780. The highest BCUT2D eigenvalue weighted by Crippen LogP contribution is 2.24. The topological polar surface area (TPSA) is 145 Å². The van der Waals surface area contributed by atoms with E-state index in [1.165, 1.54) is 0 Å². The van der Waals surface area contributed by atoms with E-state index < -0.39 is 34.6 Å². The Morgan fingerprint density at radius 3 is 1.50 bits per heavy atom. The van der Waals surface area contributed by atoms with E-state index in [9.17, 15) is 30.4 Å². The van der Waals surface area contributed by atoms with Crippen LogP contribution in [0, 0.1) is 20.2 Å². The van der Waals surface area contributed by atoms with Crippen LogP contribution in [-0.2, 0) is 9.68 Å². The first-order valence-corrected chi connectivity index (χ1v) is 4.38. The van der Waals surface area contributed by atoms with Gasteiger partial charge in [0, 0.05) is 12.8 Å². The SMILES string of the molecule is O=[N+]([O-])O[C@H]1C[C@H](O)[C@@H](O[N+](=O)[O-])C[C@@H]1O. The smallest absolute Gasteiger partial charge is 0.294 e. The first-order chi connectivity index (χ1) is 7.40. The molecule has 0 amide bonds. The van der Waals surface area contributed by atoms with Crippen molar-refractivity contribution in [1.29, 1.82) is 0 Å². The molecule has 1 aliphatic carbocycles. The molecule has 4 atom stereocenters. The Hall–Kier alpha value is -1.68. The van der Waals surface area contributed by atoms with Gasteiger partial charge in [-0.15, -0.1) is 20.2 Å². The van der Waals surface area contributed by atoms with Crippen LogP contribution in [0.4, 0.5) is 0 Å². The van der Waals surface area contributed by atoms with Crippen molar-refractivity contribution in [3.05, 3.63) is 20.2 Å². The zero-order chi connectivity index (χ0) is 12.3. The van der Waals surface area contributed by atoms with E-state index in [0.717, 1.165) is 0 Å². The number of nitrogens with zero attached hydrogens (tertiary/aromatic N) is 2. The Morgan fingerprint density at radius 2 is 1.25 bits per heavy atom. The minimum Gasteiger partial charge on any atom is -0.391 e. The lowest BCUT2D eigenvalue weighted by atomic mass is 9.90. The maximum Gasteiger partial charge on any atom is 0.294 e. The van der Waals surface area contributed by atoms with Crippen LogP contribution in [0.15, 0.2) is 0 Å². The third-order valence-corrected chi connectivity index (χ3v) is 2.25. The normalized spacial score (nSPS) is 34.1. The van der Waals surface area contributed by atoms with Gasteiger partial charge < -0.3 is 19.9 Å². The fourth-order valence-corrected chi connectivity index (χ4v) is 1.54. The van der Waals surface area contributed by atoms with Crippen molar-refractivity contribution in [1.82, 2.24) is 0 Å². The average Bonchev–Trinajstić information content (AvgIpc) is 2.11. The largest absolute Gasteiger partial charge is 0.391 e. The zero-order valence-electron chi connectivity index (χ0n) is 7.96. The molecule has 0 aromatic carbocycles. The lowest BCUT2D eigenvalue weighted by Crippen LogP contribution is -2.48. The summed E-state index contributed by atoms with van der Waals surface area (Å²) in [5.74, 6) is 0. The number of hydrogen-bond donors (Lipinski definition) is 2. The summed E-state index contributed by atoms with van der Waals surface area (Å²) in [6, 6.07) is 0. The molecule has 10 nitrogen and oxygen atoms in total. The van der Waals surface area contributed by atoms with Gasteiger partial charge >= 0.3 is 0 Å². The summed E-state index contributed by atoms with van der Waals surface area (Å²) < 4.78 is 0. The van der Waals surface area contributed by atoms with E-state index in [-0.39, 0.29) is 12.8 Å². The molecule has 1 rings (SSSR count). The van der Waals surface area contributed by atoms with E-state index >= 15 is 0 Å². The van der Waals surface area contributed by atoms with Crippen molar-refractivity contribution in [2.24, 2.45) is 0 Å². The molecular formula is C6H10N2O8. The van der Waals surface area contributed by atoms with Crippen molar-refractivity contribution in [3.8, 4) is 0 Å². The van der Waals surface area contributed by atoms with E-state index in [1.807, 2.05) is 0 Å². The summed E-state index contributed by atoms with van der Waals surface area (Å²) in [7, 11) is 0. The highest BCUT2D eigenvalue weighted by atomic mass is 17.0. The van der Waals surface area contributed by atoms with Crippen molar-refractivity contribution in [2.75, 3.05) is 0 Å². The average molecular weight is 238 g/mol. The highest BCUT2D eigenvalue weighted by molar-refractivity contribution is 4.86. The highest BCUT2D eigenvalue weighted by Gasteiger charge is 2.39. The molecule has 0 unspecified atom stereocenters. The maximum atomic E-state index is 10.0. The van der Waals surface area contributed by atoms with Crippen LogP contribution >= 0.6 is 0 Å². The fourth-order valence-electron chi connectivity index (χ4n) is 1.54. The first-order valence-electron chi connectivity index (χ1n) is 4.38. The van der Waals surface area contributed by atoms with Crippen LogP contribution in [0.5, 0.6) is 0 Å². The van der Waals surface area contributed by atoms with E-state index in [4.69, 9.17) is 0 Å². The molecule has 0 heterocycles. The Morgan fingerprint density at radius 1 is 0.938 bits per heavy atom. The molecule has 0 aromatic heterocycles. The van der Waals surface area contributed by atoms with Gasteiger partial charge in [0.05, 0.1) is 12.2 Å². The molecule has 2 N–H and O–H groups in total. The third-order valence-electron chi connectivity index (χ3n) is 2.25.